The minimum absolute atomic E-state index is 0.0162. The Bertz CT molecular complexity index is 2960. The normalized spacial score (nSPS) is 30.0. The first-order valence-corrected chi connectivity index (χ1v) is 23.5. The van der Waals surface area contributed by atoms with Gasteiger partial charge in [-0.2, -0.15) is 4.98 Å². The van der Waals surface area contributed by atoms with Crippen LogP contribution in [0.2, 0.25) is 0 Å². The van der Waals surface area contributed by atoms with Gasteiger partial charge in [-0.25, -0.2) is 38.4 Å². The summed E-state index contributed by atoms with van der Waals surface area (Å²) in [7, 11) is -16.0. The monoisotopic (exact) mass is 996 g/mol. The number of nitrogens with zero attached hydrogens (tertiary/aromatic N) is 8. The number of fused-ring (bicyclic) bond motifs is 2. The number of aliphatic hydroxyl groups excluding tert-OH is 3. The standard InChI is InChI=1S/C30H39N12O21P3/c1-10-3-40(30(48)39-25(10)46)15-2-11(62-65(52,53)58-5-13-18(43)19(44)27(60-13)41-8-35-16-22(31)33-7-34-23(16)41)12(59-15)4-57-66(54,55)63-21-14(6-56-64(49,50)51)61-28(20(21)45)42-9-36-17-24(42)37-29(32)38-26(17)47/h3,7-9,11-15,18-21,27-28,43-45H,2,4-6H2,1H3,(H,52,53)(H,54,55)(H2,31,33,34)(H,39,46,48)(H2,49,50,51)(H3,32,37,38,47)/t11-,12+,13+,14+,15+,18+,19+,20+,21+,27+,28+/m0/s1. The van der Waals surface area contributed by atoms with E-state index in [0.29, 0.717) is 0 Å². The van der Waals surface area contributed by atoms with Crippen LogP contribution in [0.3, 0.4) is 0 Å². The third-order valence-corrected chi connectivity index (χ3v) is 12.9. The Morgan fingerprint density at radius 3 is 2.06 bits per heavy atom. The Morgan fingerprint density at radius 2 is 1.35 bits per heavy atom. The average molecular weight is 997 g/mol. The quantitative estimate of drug-likeness (QED) is 0.0423. The van der Waals surface area contributed by atoms with E-state index in [1.54, 1.807) is 0 Å². The lowest BCUT2D eigenvalue weighted by atomic mass is 10.1. The van der Waals surface area contributed by atoms with E-state index in [4.69, 9.17) is 43.8 Å². The summed E-state index contributed by atoms with van der Waals surface area (Å²) < 4.78 is 84.5. The topological polar surface area (TPSA) is 481 Å². The number of H-pyrrole nitrogens is 2. The molecule has 0 aliphatic carbocycles. The predicted molar refractivity (Wildman–Crippen MR) is 212 cm³/mol. The number of rotatable bonds is 16. The average Bonchev–Trinajstić information content (AvgIpc) is 4.06. The third-order valence-electron chi connectivity index (χ3n) is 10.4. The van der Waals surface area contributed by atoms with Crippen LogP contribution in [0.15, 0.2) is 39.6 Å². The SMILES string of the molecule is Cc1cn([C@H]2C[C@H](OP(=O)(O)OC[C@H]3O[C@@H](n4cnc5c(N)ncnc54)[C@H](O)[C@@H]3O)[C@@H](COP(=O)(O)O[C@H]3[C@@H](O)[C@H](n4cnc5c(=O)[nH]c(N)nc54)O[C@@H]3COP(=O)(O)O)O2)c(=O)[nH]c1=O. The fourth-order valence-corrected chi connectivity index (χ4v) is 9.59. The van der Waals surface area contributed by atoms with Crippen LogP contribution in [-0.4, -0.2) is 152 Å². The Balaban J connectivity index is 0.981. The molecule has 3 saturated heterocycles. The van der Waals surface area contributed by atoms with E-state index >= 15 is 0 Å². The van der Waals surface area contributed by atoms with Crippen LogP contribution in [0.4, 0.5) is 11.8 Å². The van der Waals surface area contributed by atoms with Gasteiger partial charge in [0, 0.05) is 18.2 Å². The summed E-state index contributed by atoms with van der Waals surface area (Å²) in [6, 6.07) is 0. The van der Waals surface area contributed by atoms with E-state index in [-0.39, 0.29) is 39.7 Å². The molecule has 8 heterocycles. The van der Waals surface area contributed by atoms with E-state index in [9.17, 15) is 63.0 Å². The van der Waals surface area contributed by atoms with Crippen LogP contribution >= 0.6 is 23.5 Å². The minimum Gasteiger partial charge on any atom is -0.387 e. The molecule has 0 radical (unpaired) electrons. The zero-order valence-corrected chi connectivity index (χ0v) is 36.1. The van der Waals surface area contributed by atoms with Crippen molar-refractivity contribution in [2.75, 3.05) is 31.3 Å². The summed E-state index contributed by atoms with van der Waals surface area (Å²) in [6.45, 7) is -1.62. The zero-order valence-electron chi connectivity index (χ0n) is 33.4. The van der Waals surface area contributed by atoms with Gasteiger partial charge in [0.1, 0.15) is 66.9 Å². The summed E-state index contributed by atoms with van der Waals surface area (Å²) in [5.74, 6) is -0.354. The van der Waals surface area contributed by atoms with Gasteiger partial charge in [-0.15, -0.1) is 0 Å². The predicted octanol–water partition coefficient (Wildman–Crippen LogP) is -3.74. The van der Waals surface area contributed by atoms with Crippen molar-refractivity contribution in [2.24, 2.45) is 0 Å². The van der Waals surface area contributed by atoms with E-state index in [1.807, 2.05) is 0 Å². The third kappa shape index (κ3) is 9.80. The maximum Gasteiger partial charge on any atom is 0.472 e. The second-order valence-corrected chi connectivity index (χ2v) is 18.9. The number of aromatic amines is 2. The number of phosphoric acid groups is 3. The number of aryl methyl sites for hydroxylation is 1. The molecule has 0 bridgehead atoms. The molecule has 0 spiro atoms. The van der Waals surface area contributed by atoms with Gasteiger partial charge in [0.25, 0.3) is 11.1 Å². The molecule has 33 nitrogen and oxygen atoms in total. The van der Waals surface area contributed by atoms with Crippen molar-refractivity contribution in [3.63, 3.8) is 0 Å². The molecule has 5 aromatic heterocycles. The Kier molecular flexibility index (Phi) is 13.1. The van der Waals surface area contributed by atoms with Gasteiger partial charge in [0.2, 0.25) is 5.95 Å². The lowest BCUT2D eigenvalue weighted by molar-refractivity contribution is -0.0622. The fourth-order valence-electron chi connectivity index (χ4n) is 7.32. The molecule has 36 heteroatoms. The first-order valence-electron chi connectivity index (χ1n) is 19.0. The smallest absolute Gasteiger partial charge is 0.387 e. The highest BCUT2D eigenvalue weighted by molar-refractivity contribution is 7.47. The van der Waals surface area contributed by atoms with E-state index in [2.05, 4.69) is 39.4 Å². The van der Waals surface area contributed by atoms with Crippen molar-refractivity contribution >= 4 is 57.6 Å². The van der Waals surface area contributed by atoms with Crippen LogP contribution in [0.25, 0.3) is 22.3 Å². The summed E-state index contributed by atoms with van der Waals surface area (Å²) in [5, 5.41) is 32.9. The summed E-state index contributed by atoms with van der Waals surface area (Å²) in [4.78, 5) is 102. The molecule has 2 unspecified atom stereocenters. The molecule has 13 atom stereocenters. The molecular weight excluding hydrogens is 957 g/mol. The van der Waals surface area contributed by atoms with Crippen molar-refractivity contribution in [3.05, 3.63) is 61.9 Å². The fraction of sp³-hybridized carbons (Fsp3) is 0.533. The molecular formula is C30H39N12O21P3. The number of ether oxygens (including phenoxy) is 3. The second-order valence-electron chi connectivity index (χ2n) is 14.8. The van der Waals surface area contributed by atoms with Crippen LogP contribution < -0.4 is 28.3 Å². The van der Waals surface area contributed by atoms with E-state index in [0.717, 1.165) is 28.0 Å². The van der Waals surface area contributed by atoms with Crippen LogP contribution in [0.5, 0.6) is 0 Å². The molecule has 13 N–H and O–H groups in total. The molecule has 0 aromatic carbocycles. The molecule has 0 amide bonds. The molecule has 5 aromatic rings. The number of aromatic nitrogens is 10. The number of aliphatic hydroxyl groups is 3. The van der Waals surface area contributed by atoms with Crippen molar-refractivity contribution in [2.45, 2.75) is 80.9 Å². The van der Waals surface area contributed by atoms with Crippen molar-refractivity contribution in [3.8, 4) is 0 Å². The van der Waals surface area contributed by atoms with Crippen molar-refractivity contribution in [1.29, 1.82) is 0 Å². The van der Waals surface area contributed by atoms with Gasteiger partial charge in [-0.05, 0) is 6.92 Å². The number of hydrogen-bond donors (Lipinski definition) is 11. The molecule has 3 aliphatic rings. The summed E-state index contributed by atoms with van der Waals surface area (Å²) in [5.41, 5.74) is 8.79. The number of imidazole rings is 2. The maximum absolute atomic E-state index is 13.6. The molecule has 0 saturated carbocycles. The van der Waals surface area contributed by atoms with Crippen LogP contribution in [-0.2, 0) is 50.5 Å². The van der Waals surface area contributed by atoms with E-state index in [1.165, 1.54) is 17.8 Å². The molecule has 3 fully saturated rings. The highest BCUT2D eigenvalue weighted by Crippen LogP contribution is 2.52. The van der Waals surface area contributed by atoms with Gasteiger partial charge < -0.3 is 60.6 Å². The molecule has 8 rings (SSSR count). The summed E-state index contributed by atoms with van der Waals surface area (Å²) in [6.07, 6.45) is -14.3. The van der Waals surface area contributed by atoms with Gasteiger partial charge in [0.15, 0.2) is 35.1 Å². The lowest BCUT2D eigenvalue weighted by Gasteiger charge is -2.25. The number of phosphoric ester groups is 3. The van der Waals surface area contributed by atoms with Gasteiger partial charge >= 0.3 is 29.2 Å². The zero-order chi connectivity index (χ0) is 47.6. The van der Waals surface area contributed by atoms with Crippen LogP contribution in [0, 0.1) is 6.92 Å². The Morgan fingerprint density at radius 1 is 0.727 bits per heavy atom. The molecule has 66 heavy (non-hydrogen) atoms. The highest BCUT2D eigenvalue weighted by Gasteiger charge is 2.51. The van der Waals surface area contributed by atoms with Crippen molar-refractivity contribution in [1.82, 2.24) is 48.6 Å². The number of nitrogens with two attached hydrogens (primary N) is 2. The van der Waals surface area contributed by atoms with E-state index < -0.39 is 134 Å². The van der Waals surface area contributed by atoms with Crippen molar-refractivity contribution < 1.29 is 85.4 Å². The number of hydrogen-bond acceptors (Lipinski definition) is 24. The summed E-state index contributed by atoms with van der Waals surface area (Å²) >= 11 is 0. The number of nitrogen functional groups attached to an aromatic ring is 2. The Hall–Kier alpha value is -4.73. The maximum atomic E-state index is 13.6. The lowest BCUT2D eigenvalue weighted by Crippen LogP contribution is -2.36. The Labute approximate surface area is 365 Å². The number of anilines is 2. The largest absolute Gasteiger partial charge is 0.472 e. The van der Waals surface area contributed by atoms with Crippen LogP contribution in [0.1, 0.15) is 30.7 Å². The van der Waals surface area contributed by atoms with Gasteiger partial charge in [-0.1, -0.05) is 0 Å². The minimum atomic E-state index is -5.49. The molecule has 3 aliphatic heterocycles. The number of nitrogens with one attached hydrogen (secondary N) is 2. The van der Waals surface area contributed by atoms with Gasteiger partial charge in [-0.3, -0.25) is 55.9 Å². The molecule has 360 valence electrons. The highest BCUT2D eigenvalue weighted by atomic mass is 31.2. The first-order chi connectivity index (χ1) is 31.0. The first kappa shape index (κ1) is 47.8. The van der Waals surface area contributed by atoms with Gasteiger partial charge in [0.05, 0.1) is 32.5 Å². The second kappa shape index (κ2) is 18.1.